The summed E-state index contributed by atoms with van der Waals surface area (Å²) in [6, 6.07) is 1.82. The van der Waals surface area contributed by atoms with Crippen molar-refractivity contribution in [1.29, 1.82) is 0 Å². The first-order valence-electron chi connectivity index (χ1n) is 4.66. The van der Waals surface area contributed by atoms with Crippen LogP contribution in [0.15, 0.2) is 12.3 Å². The Morgan fingerprint density at radius 3 is 3.15 bits per heavy atom. The Hall–Kier alpha value is -0.870. The number of hydrogen-bond donors (Lipinski definition) is 1. The maximum Gasteiger partial charge on any atom is 0.150 e. The van der Waals surface area contributed by atoms with E-state index in [1.165, 1.54) is 6.42 Å². The van der Waals surface area contributed by atoms with E-state index in [9.17, 15) is 0 Å². The van der Waals surface area contributed by atoms with Crippen molar-refractivity contribution in [3.05, 3.63) is 18.0 Å². The molecule has 2 heterocycles. The van der Waals surface area contributed by atoms with Gasteiger partial charge in [0.05, 0.1) is 12.3 Å². The first-order chi connectivity index (χ1) is 6.40. The van der Waals surface area contributed by atoms with E-state index < -0.39 is 0 Å². The van der Waals surface area contributed by atoms with Gasteiger partial charge >= 0.3 is 0 Å². The van der Waals surface area contributed by atoms with Gasteiger partial charge in [-0.25, -0.2) is 4.68 Å². The highest BCUT2D eigenvalue weighted by Crippen LogP contribution is 2.21. The van der Waals surface area contributed by atoms with Gasteiger partial charge in [0, 0.05) is 12.8 Å². The summed E-state index contributed by atoms with van der Waals surface area (Å²) >= 11 is 0. The predicted octanol–water partition coefficient (Wildman–Crippen LogP) is 1.07. The Balaban J connectivity index is 2.05. The zero-order valence-corrected chi connectivity index (χ0v) is 7.52. The molecule has 4 heteroatoms. The van der Waals surface area contributed by atoms with E-state index in [0.717, 1.165) is 19.4 Å². The van der Waals surface area contributed by atoms with E-state index in [2.05, 4.69) is 5.10 Å². The van der Waals surface area contributed by atoms with Gasteiger partial charge in [0.25, 0.3) is 0 Å². The van der Waals surface area contributed by atoms with Crippen molar-refractivity contribution in [1.82, 2.24) is 9.78 Å². The number of hydrogen-bond acceptors (Lipinski definition) is 3. The number of nitrogens with zero attached hydrogens (tertiary/aromatic N) is 2. The van der Waals surface area contributed by atoms with Crippen LogP contribution in [-0.2, 0) is 11.3 Å². The summed E-state index contributed by atoms with van der Waals surface area (Å²) in [6.07, 6.45) is 5.30. The van der Waals surface area contributed by atoms with Crippen LogP contribution in [0.3, 0.4) is 0 Å². The summed E-state index contributed by atoms with van der Waals surface area (Å²) in [7, 11) is 0. The third-order valence-corrected chi connectivity index (χ3v) is 2.28. The Morgan fingerprint density at radius 2 is 2.54 bits per heavy atom. The van der Waals surface area contributed by atoms with E-state index in [4.69, 9.17) is 9.84 Å². The number of aliphatic hydroxyl groups excluding tert-OH is 1. The molecule has 1 N–H and O–H groups in total. The van der Waals surface area contributed by atoms with Crippen molar-refractivity contribution < 1.29 is 9.84 Å². The standard InChI is InChI=1S/C9H14N2O2/c12-7-8-4-5-11(10-8)9-3-1-2-6-13-9/h4-5,9,12H,1-3,6-7H2. The molecule has 0 radical (unpaired) electrons. The Morgan fingerprint density at radius 1 is 1.62 bits per heavy atom. The summed E-state index contributed by atoms with van der Waals surface area (Å²) < 4.78 is 7.34. The van der Waals surface area contributed by atoms with Gasteiger partial charge in [-0.1, -0.05) is 0 Å². The van der Waals surface area contributed by atoms with Gasteiger partial charge in [-0.05, 0) is 25.3 Å². The highest BCUT2D eigenvalue weighted by molar-refractivity contribution is 4.97. The predicted molar refractivity (Wildman–Crippen MR) is 47.0 cm³/mol. The molecule has 13 heavy (non-hydrogen) atoms. The second kappa shape index (κ2) is 3.89. The van der Waals surface area contributed by atoms with E-state index in [1.54, 1.807) is 4.68 Å². The Bertz CT molecular complexity index is 266. The van der Waals surface area contributed by atoms with Crippen molar-refractivity contribution in [2.45, 2.75) is 32.1 Å². The summed E-state index contributed by atoms with van der Waals surface area (Å²) in [4.78, 5) is 0. The Labute approximate surface area is 77.1 Å². The van der Waals surface area contributed by atoms with Gasteiger partial charge in [0.15, 0.2) is 0 Å². The summed E-state index contributed by atoms with van der Waals surface area (Å²) in [5, 5.41) is 13.0. The van der Waals surface area contributed by atoms with Gasteiger partial charge in [0.1, 0.15) is 6.23 Å². The molecule has 0 amide bonds. The smallest absolute Gasteiger partial charge is 0.150 e. The molecule has 0 aliphatic carbocycles. The lowest BCUT2D eigenvalue weighted by Crippen LogP contribution is -2.18. The topological polar surface area (TPSA) is 47.3 Å². The first kappa shape index (κ1) is 8.72. The minimum atomic E-state index is -0.000278. The van der Waals surface area contributed by atoms with Crippen LogP contribution in [0.4, 0.5) is 0 Å². The molecule has 0 bridgehead atoms. The van der Waals surface area contributed by atoms with Gasteiger partial charge in [0.2, 0.25) is 0 Å². The van der Waals surface area contributed by atoms with Crippen LogP contribution in [0.5, 0.6) is 0 Å². The average molecular weight is 182 g/mol. The van der Waals surface area contributed by atoms with E-state index in [-0.39, 0.29) is 12.8 Å². The molecule has 0 saturated carbocycles. The molecule has 1 aromatic rings. The molecule has 1 atom stereocenters. The third kappa shape index (κ3) is 1.89. The minimum absolute atomic E-state index is 0.000278. The van der Waals surface area contributed by atoms with Crippen molar-refractivity contribution in [3.8, 4) is 0 Å². The highest BCUT2D eigenvalue weighted by Gasteiger charge is 2.15. The van der Waals surface area contributed by atoms with Crippen LogP contribution in [0.1, 0.15) is 31.2 Å². The molecule has 0 spiro atoms. The molecule has 1 fully saturated rings. The summed E-state index contributed by atoms with van der Waals surface area (Å²) in [6.45, 7) is 0.818. The zero-order chi connectivity index (χ0) is 9.10. The van der Waals surface area contributed by atoms with Crippen LogP contribution in [0.2, 0.25) is 0 Å². The largest absolute Gasteiger partial charge is 0.390 e. The SMILES string of the molecule is OCc1ccn(C2CCCCO2)n1. The van der Waals surface area contributed by atoms with Gasteiger partial charge in [-0.3, -0.25) is 0 Å². The lowest BCUT2D eigenvalue weighted by Gasteiger charge is -2.22. The number of ether oxygens (including phenoxy) is 1. The molecular formula is C9H14N2O2. The van der Waals surface area contributed by atoms with E-state index >= 15 is 0 Å². The molecule has 0 aromatic carbocycles. The second-order valence-corrected chi connectivity index (χ2v) is 3.27. The highest BCUT2D eigenvalue weighted by atomic mass is 16.5. The lowest BCUT2D eigenvalue weighted by molar-refractivity contribution is -0.0398. The molecular weight excluding hydrogens is 168 g/mol. The molecule has 72 valence electrons. The van der Waals surface area contributed by atoms with Crippen LogP contribution in [0, 0.1) is 0 Å². The van der Waals surface area contributed by atoms with Gasteiger partial charge < -0.3 is 9.84 Å². The van der Waals surface area contributed by atoms with Crippen LogP contribution in [-0.4, -0.2) is 21.5 Å². The quantitative estimate of drug-likeness (QED) is 0.744. The molecule has 4 nitrogen and oxygen atoms in total. The third-order valence-electron chi connectivity index (χ3n) is 2.28. The van der Waals surface area contributed by atoms with Crippen molar-refractivity contribution >= 4 is 0 Å². The number of aromatic nitrogens is 2. The van der Waals surface area contributed by atoms with Gasteiger partial charge in [-0.15, -0.1) is 0 Å². The molecule has 1 aliphatic heterocycles. The summed E-state index contributed by atoms with van der Waals surface area (Å²) in [5.41, 5.74) is 0.703. The number of rotatable bonds is 2. The van der Waals surface area contributed by atoms with Crippen LogP contribution in [0.25, 0.3) is 0 Å². The molecule has 1 saturated heterocycles. The van der Waals surface area contributed by atoms with Crippen molar-refractivity contribution in [2.24, 2.45) is 0 Å². The molecule has 2 rings (SSSR count). The minimum Gasteiger partial charge on any atom is -0.390 e. The van der Waals surface area contributed by atoms with Gasteiger partial charge in [-0.2, -0.15) is 5.10 Å². The van der Waals surface area contributed by atoms with Crippen molar-refractivity contribution in [3.63, 3.8) is 0 Å². The van der Waals surface area contributed by atoms with Crippen LogP contribution >= 0.6 is 0 Å². The van der Waals surface area contributed by atoms with E-state index in [1.807, 2.05) is 12.3 Å². The Kier molecular flexibility index (Phi) is 2.61. The van der Waals surface area contributed by atoms with E-state index in [0.29, 0.717) is 5.69 Å². The maximum absolute atomic E-state index is 8.83. The fourth-order valence-electron chi connectivity index (χ4n) is 1.55. The maximum atomic E-state index is 8.83. The summed E-state index contributed by atoms with van der Waals surface area (Å²) in [5.74, 6) is 0. The molecule has 1 unspecified atom stereocenters. The average Bonchev–Trinajstić information content (AvgIpc) is 2.67. The fraction of sp³-hybridized carbons (Fsp3) is 0.667. The molecule has 1 aromatic heterocycles. The first-order valence-corrected chi connectivity index (χ1v) is 4.66. The van der Waals surface area contributed by atoms with Crippen molar-refractivity contribution in [2.75, 3.05) is 6.61 Å². The normalized spacial score (nSPS) is 23.3. The second-order valence-electron chi connectivity index (χ2n) is 3.27. The monoisotopic (exact) mass is 182 g/mol. The molecule has 1 aliphatic rings. The lowest BCUT2D eigenvalue weighted by atomic mass is 10.2. The van der Waals surface area contributed by atoms with Crippen LogP contribution < -0.4 is 0 Å². The zero-order valence-electron chi connectivity index (χ0n) is 7.52. The number of aliphatic hydroxyl groups is 1. The fourth-order valence-corrected chi connectivity index (χ4v) is 1.55.